The molecule has 0 N–H and O–H groups in total. The molecule has 2 atom stereocenters. The summed E-state index contributed by atoms with van der Waals surface area (Å²) in [5.74, 6) is -0.110. The second-order valence-corrected chi connectivity index (χ2v) is 11.4. The lowest BCUT2D eigenvalue weighted by Gasteiger charge is -2.45. The lowest BCUT2D eigenvalue weighted by atomic mass is 9.93. The summed E-state index contributed by atoms with van der Waals surface area (Å²) in [6, 6.07) is 14.0. The SMILES string of the molecule is O=C(CN1C(=O)/C(=C/c2cccc(Cl)c2)SC2CCCCC21)N1CCN(c2ccc([N+](=O)[O-])cc2)CC1. The van der Waals surface area contributed by atoms with Crippen molar-refractivity contribution >= 4 is 52.6 Å². The number of benzene rings is 2. The van der Waals surface area contributed by atoms with Crippen molar-refractivity contribution in [3.8, 4) is 0 Å². The molecule has 2 aromatic carbocycles. The minimum absolute atomic E-state index is 0.0324. The highest BCUT2D eigenvalue weighted by Crippen LogP contribution is 2.42. The summed E-state index contributed by atoms with van der Waals surface area (Å²) in [6.45, 7) is 2.46. The van der Waals surface area contributed by atoms with Gasteiger partial charge in [-0.1, -0.05) is 36.6 Å². The molecule has 194 valence electrons. The number of piperazine rings is 1. The van der Waals surface area contributed by atoms with Crippen LogP contribution in [0.4, 0.5) is 11.4 Å². The molecule has 0 aromatic heterocycles. The van der Waals surface area contributed by atoms with Crippen molar-refractivity contribution in [2.45, 2.75) is 37.0 Å². The van der Waals surface area contributed by atoms with Gasteiger partial charge in [-0.15, -0.1) is 11.8 Å². The number of nitrogens with zero attached hydrogens (tertiary/aromatic N) is 4. The van der Waals surface area contributed by atoms with Crippen LogP contribution in [-0.4, -0.2) is 70.6 Å². The molecule has 1 aliphatic carbocycles. The smallest absolute Gasteiger partial charge is 0.269 e. The Labute approximate surface area is 225 Å². The molecule has 2 aromatic rings. The van der Waals surface area contributed by atoms with Crippen LogP contribution < -0.4 is 4.90 Å². The number of halogens is 1. The molecule has 1 saturated carbocycles. The summed E-state index contributed by atoms with van der Waals surface area (Å²) in [7, 11) is 0. The third-order valence-corrected chi connectivity index (χ3v) is 8.96. The van der Waals surface area contributed by atoms with Crippen molar-refractivity contribution in [2.75, 3.05) is 37.6 Å². The standard InChI is InChI=1S/C27H29ClN4O4S/c28-20-5-3-4-19(16-20)17-25-27(34)31(23-6-1-2-7-24(23)37-25)18-26(33)30-14-12-29(13-15-30)21-8-10-22(11-9-21)32(35)36/h3-5,8-11,16-17,23-24H,1-2,6-7,12-15,18H2/b25-17-. The number of thioether (sulfide) groups is 1. The lowest BCUT2D eigenvalue weighted by Crippen LogP contribution is -2.57. The molecular formula is C27H29ClN4O4S. The van der Waals surface area contributed by atoms with E-state index in [0.29, 0.717) is 41.4 Å². The van der Waals surface area contributed by atoms with Crippen LogP contribution >= 0.6 is 23.4 Å². The van der Waals surface area contributed by atoms with Gasteiger partial charge in [-0.3, -0.25) is 19.7 Å². The lowest BCUT2D eigenvalue weighted by molar-refractivity contribution is -0.384. The van der Waals surface area contributed by atoms with Crippen molar-refractivity contribution in [3.05, 3.63) is 74.1 Å². The zero-order chi connectivity index (χ0) is 25.9. The van der Waals surface area contributed by atoms with E-state index in [4.69, 9.17) is 11.6 Å². The van der Waals surface area contributed by atoms with Crippen LogP contribution in [0.2, 0.25) is 5.02 Å². The van der Waals surface area contributed by atoms with Gasteiger partial charge in [0, 0.05) is 60.3 Å². The monoisotopic (exact) mass is 540 g/mol. The molecule has 5 rings (SSSR count). The number of anilines is 1. The number of amides is 2. The van der Waals surface area contributed by atoms with Gasteiger partial charge in [-0.05, 0) is 48.7 Å². The summed E-state index contributed by atoms with van der Waals surface area (Å²) in [5.41, 5.74) is 1.85. The van der Waals surface area contributed by atoms with E-state index in [2.05, 4.69) is 4.90 Å². The fourth-order valence-electron chi connectivity index (χ4n) is 5.35. The number of fused-ring (bicyclic) bond motifs is 1. The van der Waals surface area contributed by atoms with Gasteiger partial charge in [0.05, 0.1) is 9.83 Å². The van der Waals surface area contributed by atoms with Crippen LogP contribution in [0.25, 0.3) is 6.08 Å². The Hall–Kier alpha value is -3.04. The third kappa shape index (κ3) is 5.78. The molecule has 8 nitrogen and oxygen atoms in total. The average molecular weight is 541 g/mol. The predicted molar refractivity (Wildman–Crippen MR) is 147 cm³/mol. The molecule has 2 unspecified atom stereocenters. The first-order valence-corrected chi connectivity index (χ1v) is 13.9. The summed E-state index contributed by atoms with van der Waals surface area (Å²) < 4.78 is 0. The Morgan fingerprint density at radius 3 is 2.51 bits per heavy atom. The van der Waals surface area contributed by atoms with Gasteiger partial charge in [0.15, 0.2) is 0 Å². The molecule has 0 radical (unpaired) electrons. The zero-order valence-electron chi connectivity index (χ0n) is 20.4. The van der Waals surface area contributed by atoms with Gasteiger partial charge in [-0.25, -0.2) is 0 Å². The quantitative estimate of drug-likeness (QED) is 0.307. The largest absolute Gasteiger partial charge is 0.368 e. The first kappa shape index (κ1) is 25.6. The number of hydrogen-bond donors (Lipinski definition) is 0. The molecule has 3 aliphatic rings. The first-order chi connectivity index (χ1) is 17.9. The molecule has 0 spiro atoms. The van der Waals surface area contributed by atoms with Crippen LogP contribution in [-0.2, 0) is 9.59 Å². The van der Waals surface area contributed by atoms with Crippen LogP contribution in [0.3, 0.4) is 0 Å². The van der Waals surface area contributed by atoms with Crippen LogP contribution in [0.15, 0.2) is 53.4 Å². The van der Waals surface area contributed by atoms with Crippen molar-refractivity contribution in [3.63, 3.8) is 0 Å². The highest BCUT2D eigenvalue weighted by Gasteiger charge is 2.41. The summed E-state index contributed by atoms with van der Waals surface area (Å²) in [5, 5.41) is 11.8. The first-order valence-electron chi connectivity index (χ1n) is 12.6. The van der Waals surface area contributed by atoms with E-state index in [0.717, 1.165) is 36.9 Å². The van der Waals surface area contributed by atoms with E-state index in [1.165, 1.54) is 12.1 Å². The number of hydrogen-bond acceptors (Lipinski definition) is 6. The number of nitro benzene ring substituents is 1. The highest BCUT2D eigenvalue weighted by molar-refractivity contribution is 8.04. The zero-order valence-corrected chi connectivity index (χ0v) is 22.0. The molecule has 3 fully saturated rings. The molecule has 2 heterocycles. The average Bonchev–Trinajstić information content (AvgIpc) is 2.91. The molecule has 37 heavy (non-hydrogen) atoms. The van der Waals surface area contributed by atoms with E-state index in [-0.39, 0.29) is 30.1 Å². The van der Waals surface area contributed by atoms with Gasteiger partial charge in [-0.2, -0.15) is 0 Å². The fraction of sp³-hybridized carbons (Fsp3) is 0.407. The van der Waals surface area contributed by atoms with Crippen molar-refractivity contribution in [2.24, 2.45) is 0 Å². The Balaban J connectivity index is 1.26. The molecule has 0 bridgehead atoms. The maximum absolute atomic E-state index is 13.6. The van der Waals surface area contributed by atoms with Gasteiger partial charge in [0.1, 0.15) is 6.54 Å². The van der Waals surface area contributed by atoms with Crippen molar-refractivity contribution < 1.29 is 14.5 Å². The Morgan fingerprint density at radius 1 is 1.08 bits per heavy atom. The third-order valence-electron chi connectivity index (χ3n) is 7.33. The Morgan fingerprint density at radius 2 is 1.81 bits per heavy atom. The Bertz CT molecular complexity index is 1210. The van der Waals surface area contributed by atoms with Crippen LogP contribution in [0.1, 0.15) is 31.2 Å². The molecule has 10 heteroatoms. The normalized spacial score (nSPS) is 23.2. The van der Waals surface area contributed by atoms with Gasteiger partial charge >= 0.3 is 0 Å². The van der Waals surface area contributed by atoms with E-state index >= 15 is 0 Å². The maximum atomic E-state index is 13.6. The van der Waals surface area contributed by atoms with Gasteiger partial charge in [0.2, 0.25) is 5.91 Å². The number of rotatable bonds is 5. The highest BCUT2D eigenvalue weighted by atomic mass is 35.5. The van der Waals surface area contributed by atoms with Gasteiger partial charge in [0.25, 0.3) is 11.6 Å². The van der Waals surface area contributed by atoms with Crippen LogP contribution in [0, 0.1) is 10.1 Å². The topological polar surface area (TPSA) is 87.0 Å². The molecular weight excluding hydrogens is 512 g/mol. The number of carbonyl (C=O) groups excluding carboxylic acids is 2. The van der Waals surface area contributed by atoms with Crippen molar-refractivity contribution in [1.82, 2.24) is 9.80 Å². The van der Waals surface area contributed by atoms with Crippen LogP contribution in [0.5, 0.6) is 0 Å². The molecule has 2 saturated heterocycles. The Kier molecular flexibility index (Phi) is 7.71. The summed E-state index contributed by atoms with van der Waals surface area (Å²) in [4.78, 5) is 43.9. The minimum atomic E-state index is -0.409. The van der Waals surface area contributed by atoms with E-state index in [1.54, 1.807) is 23.9 Å². The van der Waals surface area contributed by atoms with E-state index in [9.17, 15) is 19.7 Å². The summed E-state index contributed by atoms with van der Waals surface area (Å²) in [6.07, 6.45) is 6.06. The molecule has 2 aliphatic heterocycles. The van der Waals surface area contributed by atoms with Crippen molar-refractivity contribution in [1.29, 1.82) is 0 Å². The second kappa shape index (κ2) is 11.1. The fourth-order valence-corrected chi connectivity index (χ4v) is 7.03. The molecule has 2 amide bonds. The minimum Gasteiger partial charge on any atom is -0.368 e. The van der Waals surface area contributed by atoms with Gasteiger partial charge < -0.3 is 14.7 Å². The number of non-ortho nitro benzene ring substituents is 1. The predicted octanol–water partition coefficient (Wildman–Crippen LogP) is 4.82. The summed E-state index contributed by atoms with van der Waals surface area (Å²) >= 11 is 7.79. The van der Waals surface area contributed by atoms with E-state index < -0.39 is 4.92 Å². The number of nitro groups is 1. The second-order valence-electron chi connectivity index (χ2n) is 9.65. The number of carbonyl (C=O) groups is 2. The van der Waals surface area contributed by atoms with E-state index in [1.807, 2.05) is 40.1 Å². The maximum Gasteiger partial charge on any atom is 0.269 e.